The third-order valence-electron chi connectivity index (χ3n) is 3.32. The van der Waals surface area contributed by atoms with E-state index in [1.807, 2.05) is 32.0 Å². The first-order valence-electron chi connectivity index (χ1n) is 6.09. The van der Waals surface area contributed by atoms with Crippen molar-refractivity contribution >= 4 is 5.97 Å². The topological polar surface area (TPSA) is 57.5 Å². The lowest BCUT2D eigenvalue weighted by atomic mass is 9.95. The molecule has 0 saturated heterocycles. The van der Waals surface area contributed by atoms with Crippen molar-refractivity contribution in [1.82, 2.24) is 0 Å². The van der Waals surface area contributed by atoms with Gasteiger partial charge in [-0.3, -0.25) is 0 Å². The predicted octanol–water partition coefficient (Wildman–Crippen LogP) is 3.30. The van der Waals surface area contributed by atoms with E-state index in [4.69, 9.17) is 5.11 Å². The van der Waals surface area contributed by atoms with Crippen molar-refractivity contribution in [3.63, 3.8) is 0 Å². The van der Waals surface area contributed by atoms with Crippen molar-refractivity contribution in [1.29, 1.82) is 0 Å². The van der Waals surface area contributed by atoms with Crippen LogP contribution >= 0.6 is 0 Å². The first-order chi connectivity index (χ1) is 8.99. The second-order valence-corrected chi connectivity index (χ2v) is 4.70. The fourth-order valence-electron chi connectivity index (χ4n) is 2.20. The molecular formula is C16H16O3. The van der Waals surface area contributed by atoms with Gasteiger partial charge in [-0.1, -0.05) is 24.3 Å². The SMILES string of the molecule is Cc1cccc(C)c1Cc1ccc(O)c(C(=O)O)c1. The highest BCUT2D eigenvalue weighted by Crippen LogP contribution is 2.23. The van der Waals surface area contributed by atoms with E-state index in [2.05, 4.69) is 0 Å². The molecule has 0 amide bonds. The minimum Gasteiger partial charge on any atom is -0.507 e. The van der Waals surface area contributed by atoms with E-state index in [9.17, 15) is 9.90 Å². The molecule has 2 rings (SSSR count). The molecular weight excluding hydrogens is 240 g/mol. The number of phenols is 1. The molecule has 0 fully saturated rings. The van der Waals surface area contributed by atoms with Crippen molar-refractivity contribution in [3.8, 4) is 5.75 Å². The fraction of sp³-hybridized carbons (Fsp3) is 0.188. The minimum atomic E-state index is -1.11. The lowest BCUT2D eigenvalue weighted by Gasteiger charge is -2.10. The predicted molar refractivity (Wildman–Crippen MR) is 73.8 cm³/mol. The Kier molecular flexibility index (Phi) is 3.56. The van der Waals surface area contributed by atoms with Crippen molar-refractivity contribution < 1.29 is 15.0 Å². The lowest BCUT2D eigenvalue weighted by molar-refractivity contribution is 0.0693. The van der Waals surface area contributed by atoms with Crippen molar-refractivity contribution in [3.05, 3.63) is 64.2 Å². The maximum absolute atomic E-state index is 11.0. The number of hydrogen-bond donors (Lipinski definition) is 2. The lowest BCUT2D eigenvalue weighted by Crippen LogP contribution is -2.00. The molecule has 0 saturated carbocycles. The smallest absolute Gasteiger partial charge is 0.339 e. The van der Waals surface area contributed by atoms with Crippen LogP contribution in [0.5, 0.6) is 5.75 Å². The number of aromatic hydroxyl groups is 1. The number of rotatable bonds is 3. The van der Waals surface area contributed by atoms with Crippen molar-refractivity contribution in [2.24, 2.45) is 0 Å². The average Bonchev–Trinajstić information content (AvgIpc) is 2.35. The molecule has 0 aliphatic heterocycles. The third kappa shape index (κ3) is 2.76. The number of aromatic carboxylic acids is 1. The first-order valence-corrected chi connectivity index (χ1v) is 6.09. The van der Waals surface area contributed by atoms with Crippen LogP contribution in [0, 0.1) is 13.8 Å². The van der Waals surface area contributed by atoms with E-state index in [0.717, 1.165) is 5.56 Å². The second kappa shape index (κ2) is 5.14. The summed E-state index contributed by atoms with van der Waals surface area (Å²) in [4.78, 5) is 11.0. The number of carboxylic acid groups (broad SMARTS) is 1. The van der Waals surface area contributed by atoms with Gasteiger partial charge in [0.2, 0.25) is 0 Å². The monoisotopic (exact) mass is 256 g/mol. The largest absolute Gasteiger partial charge is 0.507 e. The van der Waals surface area contributed by atoms with E-state index < -0.39 is 5.97 Å². The van der Waals surface area contributed by atoms with Crippen LogP contribution in [-0.4, -0.2) is 16.2 Å². The van der Waals surface area contributed by atoms with Crippen LogP contribution in [0.2, 0.25) is 0 Å². The summed E-state index contributed by atoms with van der Waals surface area (Å²) in [6.07, 6.45) is 0.666. The number of carboxylic acids is 1. The van der Waals surface area contributed by atoms with Crippen LogP contribution in [0.15, 0.2) is 36.4 Å². The summed E-state index contributed by atoms with van der Waals surface area (Å²) in [5.41, 5.74) is 4.40. The Morgan fingerprint density at radius 2 is 1.74 bits per heavy atom. The Morgan fingerprint density at radius 1 is 1.11 bits per heavy atom. The second-order valence-electron chi connectivity index (χ2n) is 4.70. The average molecular weight is 256 g/mol. The molecule has 19 heavy (non-hydrogen) atoms. The number of carbonyl (C=O) groups is 1. The summed E-state index contributed by atoms with van der Waals surface area (Å²) in [6.45, 7) is 4.09. The van der Waals surface area contributed by atoms with E-state index >= 15 is 0 Å². The van der Waals surface area contributed by atoms with E-state index in [1.165, 1.54) is 28.8 Å². The zero-order chi connectivity index (χ0) is 14.0. The molecule has 98 valence electrons. The van der Waals surface area contributed by atoms with Crippen molar-refractivity contribution in [2.45, 2.75) is 20.3 Å². The number of hydrogen-bond acceptors (Lipinski definition) is 2. The highest BCUT2D eigenvalue weighted by Gasteiger charge is 2.11. The van der Waals surface area contributed by atoms with E-state index in [0.29, 0.717) is 6.42 Å². The standard InChI is InChI=1S/C16H16O3/c1-10-4-3-5-11(2)13(10)8-12-6-7-15(17)14(9-12)16(18)19/h3-7,9,17H,8H2,1-2H3,(H,18,19). The highest BCUT2D eigenvalue weighted by molar-refractivity contribution is 5.90. The van der Waals surface area contributed by atoms with Gasteiger partial charge in [-0.25, -0.2) is 4.79 Å². The molecule has 0 heterocycles. The van der Waals surface area contributed by atoms with Gasteiger partial charge in [-0.15, -0.1) is 0 Å². The number of aryl methyl sites for hydroxylation is 2. The summed E-state index contributed by atoms with van der Waals surface area (Å²) < 4.78 is 0. The Labute approximate surface area is 112 Å². The zero-order valence-electron chi connectivity index (χ0n) is 11.0. The Bertz CT molecular complexity index is 610. The van der Waals surface area contributed by atoms with Gasteiger partial charge < -0.3 is 10.2 Å². The molecule has 2 aromatic carbocycles. The molecule has 0 spiro atoms. The van der Waals surface area contributed by atoms with Gasteiger partial charge in [0.15, 0.2) is 0 Å². The van der Waals surface area contributed by atoms with Gasteiger partial charge in [0.25, 0.3) is 0 Å². The van der Waals surface area contributed by atoms with Crippen LogP contribution in [0.3, 0.4) is 0 Å². The Hall–Kier alpha value is -2.29. The first kappa shape index (κ1) is 13.1. The highest BCUT2D eigenvalue weighted by atomic mass is 16.4. The van der Waals surface area contributed by atoms with Gasteiger partial charge in [0.05, 0.1) is 0 Å². The van der Waals surface area contributed by atoms with Gasteiger partial charge >= 0.3 is 5.97 Å². The molecule has 3 heteroatoms. The van der Waals surface area contributed by atoms with Gasteiger partial charge in [0.1, 0.15) is 11.3 Å². The Balaban J connectivity index is 2.39. The van der Waals surface area contributed by atoms with Gasteiger partial charge in [-0.05, 0) is 54.7 Å². The van der Waals surface area contributed by atoms with Gasteiger partial charge in [-0.2, -0.15) is 0 Å². The maximum atomic E-state index is 11.0. The van der Waals surface area contributed by atoms with Crippen LogP contribution in [0.1, 0.15) is 32.6 Å². The molecule has 0 aliphatic rings. The zero-order valence-corrected chi connectivity index (χ0v) is 11.0. The third-order valence-corrected chi connectivity index (χ3v) is 3.32. The fourth-order valence-corrected chi connectivity index (χ4v) is 2.20. The number of benzene rings is 2. The molecule has 0 unspecified atom stereocenters. The summed E-state index contributed by atoms with van der Waals surface area (Å²) in [5.74, 6) is -1.31. The van der Waals surface area contributed by atoms with E-state index in [-0.39, 0.29) is 11.3 Å². The molecule has 0 aromatic heterocycles. The molecule has 0 atom stereocenters. The minimum absolute atomic E-state index is 0.0521. The molecule has 2 N–H and O–H groups in total. The summed E-state index contributed by atoms with van der Waals surface area (Å²) in [5, 5.41) is 18.5. The van der Waals surface area contributed by atoms with Crippen LogP contribution in [-0.2, 0) is 6.42 Å². The summed E-state index contributed by atoms with van der Waals surface area (Å²) >= 11 is 0. The molecule has 0 aliphatic carbocycles. The molecule has 3 nitrogen and oxygen atoms in total. The van der Waals surface area contributed by atoms with Crippen LogP contribution < -0.4 is 0 Å². The molecule has 0 radical (unpaired) electrons. The van der Waals surface area contributed by atoms with E-state index in [1.54, 1.807) is 6.07 Å². The summed E-state index contributed by atoms with van der Waals surface area (Å²) in [6, 6.07) is 10.8. The summed E-state index contributed by atoms with van der Waals surface area (Å²) in [7, 11) is 0. The Morgan fingerprint density at radius 3 is 2.32 bits per heavy atom. The normalized spacial score (nSPS) is 10.4. The van der Waals surface area contributed by atoms with Crippen LogP contribution in [0.4, 0.5) is 0 Å². The van der Waals surface area contributed by atoms with Gasteiger partial charge in [0, 0.05) is 0 Å². The van der Waals surface area contributed by atoms with Crippen molar-refractivity contribution in [2.75, 3.05) is 0 Å². The quantitative estimate of drug-likeness (QED) is 0.885. The molecule has 0 bridgehead atoms. The van der Waals surface area contributed by atoms with Crippen LogP contribution in [0.25, 0.3) is 0 Å². The maximum Gasteiger partial charge on any atom is 0.339 e. The molecule has 2 aromatic rings.